The van der Waals surface area contributed by atoms with Gasteiger partial charge in [0.1, 0.15) is 0 Å². The van der Waals surface area contributed by atoms with Crippen LogP contribution in [0.4, 0.5) is 10.5 Å². The molecule has 0 spiro atoms. The van der Waals surface area contributed by atoms with E-state index in [0.29, 0.717) is 42.0 Å². The fraction of sp³-hybridized carbons (Fsp3) is 0.417. The van der Waals surface area contributed by atoms with Crippen LogP contribution in [0.2, 0.25) is 10.0 Å². The molecule has 0 aromatic heterocycles. The van der Waals surface area contributed by atoms with E-state index in [2.05, 4.69) is 5.32 Å². The molecule has 1 aliphatic heterocycles. The minimum atomic E-state index is -0.158. The lowest BCUT2D eigenvalue weighted by Gasteiger charge is -2.27. The van der Waals surface area contributed by atoms with Crippen LogP contribution in [0.3, 0.4) is 0 Å². The number of anilines is 1. The highest BCUT2D eigenvalue weighted by Gasteiger charge is 2.17. The lowest BCUT2D eigenvalue weighted by atomic mass is 10.2. The third kappa shape index (κ3) is 3.07. The van der Waals surface area contributed by atoms with Crippen LogP contribution in [0, 0.1) is 6.92 Å². The number of carbonyl (C=O) groups is 1. The summed E-state index contributed by atoms with van der Waals surface area (Å²) in [6.45, 7) is 4.17. The number of hydrogen-bond donors (Lipinski definition) is 1. The number of benzene rings is 1. The predicted octanol–water partition coefficient (Wildman–Crippen LogP) is 3.17. The Labute approximate surface area is 116 Å². The van der Waals surface area contributed by atoms with Crippen molar-refractivity contribution in [2.75, 3.05) is 31.6 Å². The van der Waals surface area contributed by atoms with Gasteiger partial charge in [0.15, 0.2) is 0 Å². The summed E-state index contributed by atoms with van der Waals surface area (Å²) in [5, 5.41) is 3.87. The van der Waals surface area contributed by atoms with Gasteiger partial charge in [0.05, 0.1) is 13.2 Å². The van der Waals surface area contributed by atoms with Gasteiger partial charge in [0.2, 0.25) is 0 Å². The highest BCUT2D eigenvalue weighted by Crippen LogP contribution is 2.28. The van der Waals surface area contributed by atoms with Crippen LogP contribution < -0.4 is 5.32 Å². The van der Waals surface area contributed by atoms with Crippen molar-refractivity contribution in [2.24, 2.45) is 0 Å². The molecule has 2 rings (SSSR count). The molecule has 2 amide bonds. The summed E-state index contributed by atoms with van der Waals surface area (Å²) in [6, 6.07) is 3.23. The minimum absolute atomic E-state index is 0.158. The quantitative estimate of drug-likeness (QED) is 0.862. The molecular formula is C12H14Cl2N2O2. The minimum Gasteiger partial charge on any atom is -0.378 e. The largest absolute Gasteiger partial charge is 0.378 e. The van der Waals surface area contributed by atoms with E-state index in [9.17, 15) is 4.79 Å². The molecule has 6 heteroatoms. The molecule has 98 valence electrons. The molecule has 0 bridgehead atoms. The highest BCUT2D eigenvalue weighted by molar-refractivity contribution is 6.36. The standard InChI is InChI=1S/C12H14Cl2N2O2/c1-8-10(13)6-9(7-11(8)14)15-12(17)16-2-4-18-5-3-16/h6-7H,2-5H2,1H3,(H,15,17). The SMILES string of the molecule is Cc1c(Cl)cc(NC(=O)N2CCOCC2)cc1Cl. The lowest BCUT2D eigenvalue weighted by Crippen LogP contribution is -2.43. The van der Waals surface area contributed by atoms with Gasteiger partial charge in [0, 0.05) is 28.8 Å². The number of urea groups is 1. The van der Waals surface area contributed by atoms with Crippen LogP contribution >= 0.6 is 23.2 Å². The Bertz CT molecular complexity index is 436. The smallest absolute Gasteiger partial charge is 0.322 e. The van der Waals surface area contributed by atoms with E-state index in [1.54, 1.807) is 17.0 Å². The molecule has 1 fully saturated rings. The van der Waals surface area contributed by atoms with E-state index < -0.39 is 0 Å². The first-order chi connectivity index (χ1) is 8.58. The Balaban J connectivity index is 2.06. The number of halogens is 2. The maximum Gasteiger partial charge on any atom is 0.322 e. The molecule has 0 atom stereocenters. The molecule has 0 radical (unpaired) electrons. The zero-order valence-electron chi connectivity index (χ0n) is 10.0. The van der Waals surface area contributed by atoms with Crippen molar-refractivity contribution in [3.63, 3.8) is 0 Å². The van der Waals surface area contributed by atoms with Crippen LogP contribution in [-0.2, 0) is 4.74 Å². The monoisotopic (exact) mass is 288 g/mol. The summed E-state index contributed by atoms with van der Waals surface area (Å²) in [6.07, 6.45) is 0. The van der Waals surface area contributed by atoms with E-state index in [-0.39, 0.29) is 6.03 Å². The number of ether oxygens (including phenoxy) is 1. The number of carbonyl (C=O) groups excluding carboxylic acids is 1. The van der Waals surface area contributed by atoms with E-state index in [1.165, 1.54) is 0 Å². The number of morpholine rings is 1. The van der Waals surface area contributed by atoms with E-state index in [0.717, 1.165) is 5.56 Å². The molecule has 4 nitrogen and oxygen atoms in total. The second-order valence-electron chi connectivity index (χ2n) is 4.09. The number of amides is 2. The topological polar surface area (TPSA) is 41.6 Å². The van der Waals surface area contributed by atoms with Gasteiger partial charge < -0.3 is 15.0 Å². The average molecular weight is 289 g/mol. The Morgan fingerprint density at radius 1 is 1.28 bits per heavy atom. The number of rotatable bonds is 1. The zero-order chi connectivity index (χ0) is 13.1. The molecule has 1 aliphatic rings. The van der Waals surface area contributed by atoms with E-state index >= 15 is 0 Å². The summed E-state index contributed by atoms with van der Waals surface area (Å²) in [5.74, 6) is 0. The van der Waals surface area contributed by atoms with Gasteiger partial charge in [-0.25, -0.2) is 4.79 Å². The number of nitrogens with zero attached hydrogens (tertiary/aromatic N) is 1. The molecule has 1 N–H and O–H groups in total. The van der Waals surface area contributed by atoms with Gasteiger partial charge in [-0.15, -0.1) is 0 Å². The molecule has 18 heavy (non-hydrogen) atoms. The first-order valence-electron chi connectivity index (χ1n) is 5.67. The van der Waals surface area contributed by atoms with Crippen molar-refractivity contribution in [3.8, 4) is 0 Å². The second-order valence-corrected chi connectivity index (χ2v) is 4.91. The first-order valence-corrected chi connectivity index (χ1v) is 6.43. The fourth-order valence-corrected chi connectivity index (χ4v) is 2.17. The highest BCUT2D eigenvalue weighted by atomic mass is 35.5. The summed E-state index contributed by atoms with van der Waals surface area (Å²) in [5.41, 5.74) is 1.41. The predicted molar refractivity (Wildman–Crippen MR) is 72.6 cm³/mol. The van der Waals surface area contributed by atoms with Crippen molar-refractivity contribution in [3.05, 3.63) is 27.7 Å². The fourth-order valence-electron chi connectivity index (χ4n) is 1.69. The van der Waals surface area contributed by atoms with Crippen LogP contribution in [0.25, 0.3) is 0 Å². The normalized spacial score (nSPS) is 15.6. The Kier molecular flexibility index (Phi) is 4.32. The van der Waals surface area contributed by atoms with Crippen LogP contribution in [0.1, 0.15) is 5.56 Å². The third-order valence-corrected chi connectivity index (χ3v) is 3.62. The second kappa shape index (κ2) is 5.78. The zero-order valence-corrected chi connectivity index (χ0v) is 11.5. The van der Waals surface area contributed by atoms with Gasteiger partial charge >= 0.3 is 6.03 Å². The summed E-state index contributed by atoms with van der Waals surface area (Å²) >= 11 is 12.0. The van der Waals surface area contributed by atoms with Gasteiger partial charge in [0.25, 0.3) is 0 Å². The van der Waals surface area contributed by atoms with Crippen LogP contribution in [0.5, 0.6) is 0 Å². The molecule has 1 saturated heterocycles. The summed E-state index contributed by atoms with van der Waals surface area (Å²) in [4.78, 5) is 13.6. The van der Waals surface area contributed by atoms with Crippen molar-refractivity contribution in [1.82, 2.24) is 4.90 Å². The van der Waals surface area contributed by atoms with Crippen molar-refractivity contribution >= 4 is 34.9 Å². The Morgan fingerprint density at radius 2 is 1.83 bits per heavy atom. The van der Waals surface area contributed by atoms with Gasteiger partial charge in [-0.3, -0.25) is 0 Å². The summed E-state index contributed by atoms with van der Waals surface area (Å²) < 4.78 is 5.19. The number of nitrogens with one attached hydrogen (secondary N) is 1. The molecule has 0 saturated carbocycles. The van der Waals surface area contributed by atoms with Crippen molar-refractivity contribution < 1.29 is 9.53 Å². The first kappa shape index (κ1) is 13.5. The lowest BCUT2D eigenvalue weighted by molar-refractivity contribution is 0.0564. The maximum atomic E-state index is 11.9. The van der Waals surface area contributed by atoms with Crippen LogP contribution in [-0.4, -0.2) is 37.2 Å². The Hall–Kier alpha value is -0.970. The molecule has 0 unspecified atom stereocenters. The molecule has 0 aliphatic carbocycles. The van der Waals surface area contributed by atoms with Gasteiger partial charge in [-0.1, -0.05) is 23.2 Å². The van der Waals surface area contributed by atoms with E-state index in [1.807, 2.05) is 6.92 Å². The van der Waals surface area contributed by atoms with Gasteiger partial charge in [-0.2, -0.15) is 0 Å². The molecular weight excluding hydrogens is 275 g/mol. The van der Waals surface area contributed by atoms with E-state index in [4.69, 9.17) is 27.9 Å². The molecule has 1 heterocycles. The molecule has 1 aromatic rings. The Morgan fingerprint density at radius 3 is 2.39 bits per heavy atom. The maximum absolute atomic E-state index is 11.9. The third-order valence-electron chi connectivity index (χ3n) is 2.83. The summed E-state index contributed by atoms with van der Waals surface area (Å²) in [7, 11) is 0. The van der Waals surface area contributed by atoms with Crippen molar-refractivity contribution in [2.45, 2.75) is 6.92 Å². The average Bonchev–Trinajstić information content (AvgIpc) is 2.37. The molecule has 1 aromatic carbocycles. The number of hydrogen-bond acceptors (Lipinski definition) is 2. The van der Waals surface area contributed by atoms with Crippen molar-refractivity contribution in [1.29, 1.82) is 0 Å². The van der Waals surface area contributed by atoms with Crippen LogP contribution in [0.15, 0.2) is 12.1 Å². The van der Waals surface area contributed by atoms with Gasteiger partial charge in [-0.05, 0) is 24.6 Å².